The monoisotopic (exact) mass is 202 g/mol. The standard InChI is InChI=1S/C10H22N2O2/c1-5-6-12(8(2)3)7-9(11)10(13)14-4/h8-9H,5-7,11H2,1-4H3. The van der Waals surface area contributed by atoms with Crippen LogP contribution in [0.25, 0.3) is 0 Å². The number of carbonyl (C=O) groups excluding carboxylic acids is 1. The Hall–Kier alpha value is -0.610. The molecular formula is C10H22N2O2. The highest BCUT2D eigenvalue weighted by molar-refractivity contribution is 5.75. The maximum Gasteiger partial charge on any atom is 0.323 e. The van der Waals surface area contributed by atoms with Gasteiger partial charge in [-0.25, -0.2) is 0 Å². The van der Waals surface area contributed by atoms with Crippen molar-refractivity contribution in [1.82, 2.24) is 4.90 Å². The second-order valence-electron chi connectivity index (χ2n) is 3.72. The number of carbonyl (C=O) groups is 1. The summed E-state index contributed by atoms with van der Waals surface area (Å²) in [5, 5.41) is 0. The molecule has 0 fully saturated rings. The Morgan fingerprint density at radius 3 is 2.43 bits per heavy atom. The van der Waals surface area contributed by atoms with Crippen LogP contribution in [0.3, 0.4) is 0 Å². The summed E-state index contributed by atoms with van der Waals surface area (Å²) >= 11 is 0. The van der Waals surface area contributed by atoms with Gasteiger partial charge in [0.15, 0.2) is 0 Å². The Labute approximate surface area is 86.4 Å². The number of esters is 1. The van der Waals surface area contributed by atoms with Gasteiger partial charge < -0.3 is 10.5 Å². The lowest BCUT2D eigenvalue weighted by molar-refractivity contribution is -0.142. The minimum absolute atomic E-state index is 0.341. The quantitative estimate of drug-likeness (QED) is 0.641. The van der Waals surface area contributed by atoms with Crippen LogP contribution in [0.1, 0.15) is 27.2 Å². The van der Waals surface area contributed by atoms with E-state index >= 15 is 0 Å². The van der Waals surface area contributed by atoms with Crippen LogP contribution >= 0.6 is 0 Å². The molecule has 0 aromatic rings. The summed E-state index contributed by atoms with van der Waals surface area (Å²) in [5.74, 6) is -0.341. The molecular weight excluding hydrogens is 180 g/mol. The van der Waals surface area contributed by atoms with E-state index in [0.717, 1.165) is 13.0 Å². The smallest absolute Gasteiger partial charge is 0.323 e. The number of nitrogens with zero attached hydrogens (tertiary/aromatic N) is 1. The van der Waals surface area contributed by atoms with Crippen LogP contribution in [0.5, 0.6) is 0 Å². The molecule has 1 atom stereocenters. The number of rotatable bonds is 6. The molecule has 0 spiro atoms. The molecule has 0 saturated heterocycles. The van der Waals surface area contributed by atoms with Crippen molar-refractivity contribution in [2.24, 2.45) is 5.73 Å². The fourth-order valence-electron chi connectivity index (χ4n) is 1.33. The fourth-order valence-corrected chi connectivity index (χ4v) is 1.33. The zero-order valence-electron chi connectivity index (χ0n) is 9.62. The molecule has 0 amide bonds. The minimum atomic E-state index is -0.533. The lowest BCUT2D eigenvalue weighted by Crippen LogP contribution is -2.46. The molecule has 0 aromatic heterocycles. The van der Waals surface area contributed by atoms with Gasteiger partial charge in [0.2, 0.25) is 0 Å². The number of methoxy groups -OCH3 is 1. The first-order valence-corrected chi connectivity index (χ1v) is 5.10. The first-order chi connectivity index (χ1) is 6.52. The molecule has 14 heavy (non-hydrogen) atoms. The third-order valence-electron chi connectivity index (χ3n) is 2.18. The largest absolute Gasteiger partial charge is 0.468 e. The van der Waals surface area contributed by atoms with Gasteiger partial charge in [0, 0.05) is 12.6 Å². The molecule has 4 nitrogen and oxygen atoms in total. The van der Waals surface area contributed by atoms with Crippen LogP contribution in [-0.2, 0) is 9.53 Å². The Morgan fingerprint density at radius 1 is 1.50 bits per heavy atom. The number of ether oxygens (including phenoxy) is 1. The maximum absolute atomic E-state index is 11.1. The predicted molar refractivity (Wildman–Crippen MR) is 57.0 cm³/mol. The summed E-state index contributed by atoms with van der Waals surface area (Å²) in [6.45, 7) is 7.83. The molecule has 0 saturated carbocycles. The topological polar surface area (TPSA) is 55.6 Å². The second kappa shape index (κ2) is 6.79. The summed E-state index contributed by atoms with van der Waals surface area (Å²) in [7, 11) is 1.36. The van der Waals surface area contributed by atoms with Crippen LogP contribution in [0.4, 0.5) is 0 Å². The van der Waals surface area contributed by atoms with E-state index < -0.39 is 6.04 Å². The summed E-state index contributed by atoms with van der Waals surface area (Å²) in [5.41, 5.74) is 5.68. The van der Waals surface area contributed by atoms with Crippen molar-refractivity contribution in [2.45, 2.75) is 39.3 Å². The van der Waals surface area contributed by atoms with Crippen LogP contribution in [0, 0.1) is 0 Å². The highest BCUT2D eigenvalue weighted by Crippen LogP contribution is 2.01. The number of nitrogens with two attached hydrogens (primary N) is 1. The first-order valence-electron chi connectivity index (χ1n) is 5.10. The van der Waals surface area contributed by atoms with Gasteiger partial charge in [-0.2, -0.15) is 0 Å². The van der Waals surface area contributed by atoms with Crippen molar-refractivity contribution >= 4 is 5.97 Å². The van der Waals surface area contributed by atoms with Crippen LogP contribution in [0.15, 0.2) is 0 Å². The molecule has 0 heterocycles. The normalized spacial score (nSPS) is 13.4. The van der Waals surface area contributed by atoms with E-state index in [4.69, 9.17) is 5.73 Å². The molecule has 0 rings (SSSR count). The lowest BCUT2D eigenvalue weighted by atomic mass is 10.2. The molecule has 84 valence electrons. The van der Waals surface area contributed by atoms with E-state index in [0.29, 0.717) is 12.6 Å². The average molecular weight is 202 g/mol. The van der Waals surface area contributed by atoms with Crippen LogP contribution < -0.4 is 5.73 Å². The summed E-state index contributed by atoms with van der Waals surface area (Å²) in [4.78, 5) is 13.3. The summed E-state index contributed by atoms with van der Waals surface area (Å²) in [6.07, 6.45) is 1.06. The van der Waals surface area contributed by atoms with Crippen molar-refractivity contribution in [3.05, 3.63) is 0 Å². The molecule has 0 aliphatic carbocycles. The molecule has 0 radical (unpaired) electrons. The molecule has 4 heteroatoms. The zero-order valence-corrected chi connectivity index (χ0v) is 9.62. The summed E-state index contributed by atoms with van der Waals surface area (Å²) in [6, 6.07) is -0.125. The van der Waals surface area contributed by atoms with Crippen molar-refractivity contribution < 1.29 is 9.53 Å². The van der Waals surface area contributed by atoms with Gasteiger partial charge in [-0.15, -0.1) is 0 Å². The van der Waals surface area contributed by atoms with E-state index in [1.807, 2.05) is 0 Å². The third kappa shape index (κ3) is 4.58. The Kier molecular flexibility index (Phi) is 6.49. The van der Waals surface area contributed by atoms with Crippen molar-refractivity contribution in [1.29, 1.82) is 0 Å². The molecule has 0 aromatic carbocycles. The van der Waals surface area contributed by atoms with Gasteiger partial charge in [-0.05, 0) is 26.8 Å². The highest BCUT2D eigenvalue weighted by Gasteiger charge is 2.19. The maximum atomic E-state index is 11.1. The molecule has 0 bridgehead atoms. The van der Waals surface area contributed by atoms with Gasteiger partial charge in [0.25, 0.3) is 0 Å². The zero-order chi connectivity index (χ0) is 11.1. The Bertz CT molecular complexity index is 172. The second-order valence-corrected chi connectivity index (χ2v) is 3.72. The SMILES string of the molecule is CCCN(CC(N)C(=O)OC)C(C)C. The minimum Gasteiger partial charge on any atom is -0.468 e. The van der Waals surface area contributed by atoms with Gasteiger partial charge in [-0.1, -0.05) is 6.92 Å². The van der Waals surface area contributed by atoms with E-state index in [1.165, 1.54) is 7.11 Å². The fraction of sp³-hybridized carbons (Fsp3) is 0.900. The van der Waals surface area contributed by atoms with E-state index in [9.17, 15) is 4.79 Å². The summed E-state index contributed by atoms with van der Waals surface area (Å²) < 4.78 is 4.58. The van der Waals surface area contributed by atoms with Crippen molar-refractivity contribution in [3.8, 4) is 0 Å². The average Bonchev–Trinajstić information content (AvgIpc) is 2.15. The molecule has 1 unspecified atom stereocenters. The van der Waals surface area contributed by atoms with Crippen LogP contribution in [0.2, 0.25) is 0 Å². The Balaban J connectivity index is 4.08. The van der Waals surface area contributed by atoms with Crippen LogP contribution in [-0.4, -0.2) is 43.2 Å². The molecule has 0 aliphatic heterocycles. The van der Waals surface area contributed by atoms with Gasteiger partial charge in [0.05, 0.1) is 7.11 Å². The number of hydrogen-bond acceptors (Lipinski definition) is 4. The highest BCUT2D eigenvalue weighted by atomic mass is 16.5. The lowest BCUT2D eigenvalue weighted by Gasteiger charge is -2.27. The third-order valence-corrected chi connectivity index (χ3v) is 2.18. The predicted octanol–water partition coefficient (Wildman–Crippen LogP) is 0.607. The molecule has 2 N–H and O–H groups in total. The van der Waals surface area contributed by atoms with Gasteiger partial charge >= 0.3 is 5.97 Å². The number of hydrogen-bond donors (Lipinski definition) is 1. The van der Waals surface area contributed by atoms with E-state index in [-0.39, 0.29) is 5.97 Å². The van der Waals surface area contributed by atoms with Gasteiger partial charge in [0.1, 0.15) is 6.04 Å². The van der Waals surface area contributed by atoms with E-state index in [2.05, 4.69) is 30.4 Å². The van der Waals surface area contributed by atoms with Gasteiger partial charge in [-0.3, -0.25) is 9.69 Å². The van der Waals surface area contributed by atoms with Crippen molar-refractivity contribution in [2.75, 3.05) is 20.2 Å². The van der Waals surface area contributed by atoms with Crippen molar-refractivity contribution in [3.63, 3.8) is 0 Å². The first kappa shape index (κ1) is 13.4. The van der Waals surface area contributed by atoms with E-state index in [1.54, 1.807) is 0 Å². The Morgan fingerprint density at radius 2 is 2.07 bits per heavy atom. The molecule has 0 aliphatic rings.